The van der Waals surface area contributed by atoms with Crippen molar-refractivity contribution in [3.63, 3.8) is 0 Å². The minimum Gasteiger partial charge on any atom is -0.412 e. The zero-order valence-corrected chi connectivity index (χ0v) is 8.03. The quantitative estimate of drug-likeness (QED) is 0.638. The molecule has 0 aliphatic rings. The number of aliphatic hydroxyl groups excluding tert-OH is 1. The van der Waals surface area contributed by atoms with E-state index in [2.05, 4.69) is 12.1 Å². The maximum Gasteiger partial charge on any atom is 0.0319 e. The van der Waals surface area contributed by atoms with Crippen molar-refractivity contribution in [2.45, 2.75) is 6.42 Å². The van der Waals surface area contributed by atoms with Crippen molar-refractivity contribution in [3.05, 3.63) is 35.9 Å². The molecule has 0 fully saturated rings. The van der Waals surface area contributed by atoms with E-state index in [1.54, 1.807) is 0 Å². The van der Waals surface area contributed by atoms with E-state index in [1.807, 2.05) is 18.2 Å². The molecule has 0 atom stereocenters. The van der Waals surface area contributed by atoms with Crippen molar-refractivity contribution in [2.75, 3.05) is 13.7 Å². The number of hydrogen-bond donors (Lipinski definition) is 3. The van der Waals surface area contributed by atoms with E-state index in [0.29, 0.717) is 0 Å². The minimum absolute atomic E-state index is 0. The van der Waals surface area contributed by atoms with Gasteiger partial charge in [-0.25, -0.2) is 0 Å². The molecule has 8 N–H and O–H groups in total. The molecule has 0 spiro atoms. The van der Waals surface area contributed by atoms with E-state index in [9.17, 15) is 0 Å². The van der Waals surface area contributed by atoms with Gasteiger partial charge in [0, 0.05) is 9.96 Å². The Hall–Kier alpha value is -0.940. The average molecular weight is 192 g/mol. The van der Waals surface area contributed by atoms with E-state index in [0.717, 1.165) is 20.1 Å². The molecule has 1 aromatic rings. The Morgan fingerprint density at radius 1 is 1.23 bits per heavy atom. The first-order valence-electron chi connectivity index (χ1n) is 3.62. The zero-order valence-electron chi connectivity index (χ0n) is 8.03. The highest BCUT2D eigenvalue weighted by atomic mass is 16.2. The number of aliphatic hydroxyl groups is 1. The van der Waals surface area contributed by atoms with Crippen LogP contribution in [0.2, 0.25) is 0 Å². The Morgan fingerprint density at radius 3 is 2.08 bits per heavy atom. The molecule has 0 aliphatic heterocycles. The van der Waals surface area contributed by atoms with Gasteiger partial charge < -0.3 is 22.5 Å². The van der Waals surface area contributed by atoms with E-state index >= 15 is 0 Å². The van der Waals surface area contributed by atoms with Crippen LogP contribution < -0.4 is 11.9 Å². The smallest absolute Gasteiger partial charge is 0.0319 e. The summed E-state index contributed by atoms with van der Waals surface area (Å²) in [5.74, 6) is 0. The van der Waals surface area contributed by atoms with Crippen LogP contribution in [0.4, 0.5) is 0 Å². The van der Waals surface area contributed by atoms with Crippen molar-refractivity contribution in [3.8, 4) is 0 Å². The monoisotopic (exact) mass is 192 g/mol. The van der Waals surface area contributed by atoms with E-state index in [-0.39, 0.29) is 14.5 Å². The van der Waals surface area contributed by atoms with Crippen LogP contribution in [0, 0.1) is 0 Å². The predicted molar refractivity (Wildman–Crippen MR) is 60.2 cm³/mol. The summed E-state index contributed by atoms with van der Waals surface area (Å²) in [6, 6.07) is 10.3. The third-order valence-corrected chi connectivity index (χ3v) is 1.28. The Balaban J connectivity index is -0.0000000526. The summed E-state index contributed by atoms with van der Waals surface area (Å²) < 4.78 is 0. The van der Waals surface area contributed by atoms with Gasteiger partial charge in [-0.05, 0) is 18.5 Å². The fraction of sp³-hybridized carbons (Fsp3) is 0.333. The van der Waals surface area contributed by atoms with Crippen LogP contribution in [-0.4, -0.2) is 24.2 Å². The third kappa shape index (κ3) is 8.97. The molecule has 0 heterocycles. The first-order valence-corrected chi connectivity index (χ1v) is 3.62. The fourth-order valence-corrected chi connectivity index (χ4v) is 0.811. The first kappa shape index (κ1) is 18.0. The third-order valence-electron chi connectivity index (χ3n) is 1.28. The van der Waals surface area contributed by atoms with E-state index in [4.69, 9.17) is 10.8 Å². The maximum atomic E-state index is 7.00. The Morgan fingerprint density at radius 2 is 1.69 bits per heavy atom. The predicted octanol–water partition coefficient (Wildman–Crippen LogP) is 0.626. The first-order chi connectivity index (χ1) is 5.43. The molecular weight excluding hydrogens is 168 g/mol. The lowest BCUT2D eigenvalue weighted by atomic mass is 10.2. The highest BCUT2D eigenvalue weighted by Crippen LogP contribution is 1.96. The second kappa shape index (κ2) is 13.6. The van der Waals surface area contributed by atoms with E-state index < -0.39 is 0 Å². The van der Waals surface area contributed by atoms with Crippen molar-refractivity contribution in [1.82, 2.24) is 6.15 Å². The summed E-state index contributed by atoms with van der Waals surface area (Å²) in [6.45, 7) is 0.740. The number of hydrogen-bond acceptors (Lipinski definition) is 3. The SMILES string of the molecule is CO.N.NCCc1ccccc1.O.[HH].[HH]. The molecule has 0 saturated carbocycles. The van der Waals surface area contributed by atoms with Gasteiger partial charge in [0.25, 0.3) is 0 Å². The van der Waals surface area contributed by atoms with Crippen LogP contribution >= 0.6 is 0 Å². The molecular formula is C9H24N2O2. The molecule has 1 rings (SSSR count). The maximum absolute atomic E-state index is 7.00. The van der Waals surface area contributed by atoms with Gasteiger partial charge in [0.05, 0.1) is 0 Å². The summed E-state index contributed by atoms with van der Waals surface area (Å²) in [7, 11) is 1.00. The normalized spacial score (nSPS) is 7.00. The van der Waals surface area contributed by atoms with Gasteiger partial charge in [0.1, 0.15) is 0 Å². The molecule has 82 valence electrons. The molecule has 0 amide bonds. The molecule has 0 unspecified atom stereocenters. The molecule has 0 aliphatic carbocycles. The lowest BCUT2D eigenvalue weighted by molar-refractivity contribution is 0.399. The Bertz CT molecular complexity index is 177. The summed E-state index contributed by atoms with van der Waals surface area (Å²) in [5, 5.41) is 7.00. The van der Waals surface area contributed by atoms with Crippen LogP contribution in [0.5, 0.6) is 0 Å². The summed E-state index contributed by atoms with van der Waals surface area (Å²) >= 11 is 0. The fourth-order valence-electron chi connectivity index (χ4n) is 0.811. The largest absolute Gasteiger partial charge is 0.412 e. The van der Waals surface area contributed by atoms with Crippen LogP contribution in [0.25, 0.3) is 0 Å². The van der Waals surface area contributed by atoms with Gasteiger partial charge in [-0.2, -0.15) is 0 Å². The Labute approximate surface area is 82.3 Å². The molecule has 0 saturated heterocycles. The van der Waals surface area contributed by atoms with Crippen LogP contribution in [-0.2, 0) is 6.42 Å². The minimum atomic E-state index is 0. The number of benzene rings is 1. The summed E-state index contributed by atoms with van der Waals surface area (Å²) in [6.07, 6.45) is 0.987. The molecule has 0 aromatic heterocycles. The highest BCUT2D eigenvalue weighted by molar-refractivity contribution is 5.14. The Kier molecular flexibility index (Phi) is 18.9. The molecule has 1 aromatic carbocycles. The molecule has 0 bridgehead atoms. The lowest BCUT2D eigenvalue weighted by Gasteiger charge is -1.93. The van der Waals surface area contributed by atoms with E-state index in [1.165, 1.54) is 5.56 Å². The lowest BCUT2D eigenvalue weighted by Crippen LogP contribution is -2.01. The van der Waals surface area contributed by atoms with Crippen LogP contribution in [0.1, 0.15) is 8.42 Å². The summed E-state index contributed by atoms with van der Waals surface area (Å²) in [5.41, 5.74) is 6.68. The van der Waals surface area contributed by atoms with Gasteiger partial charge in [0.2, 0.25) is 0 Å². The zero-order chi connectivity index (χ0) is 8.53. The van der Waals surface area contributed by atoms with Gasteiger partial charge in [-0.1, -0.05) is 30.3 Å². The topological polar surface area (TPSA) is 113 Å². The van der Waals surface area contributed by atoms with Gasteiger partial charge in [-0.3, -0.25) is 0 Å². The van der Waals surface area contributed by atoms with Gasteiger partial charge in [-0.15, -0.1) is 0 Å². The second-order valence-corrected chi connectivity index (χ2v) is 2.02. The average Bonchev–Trinajstić information content (AvgIpc) is 2.11. The van der Waals surface area contributed by atoms with Gasteiger partial charge in [0.15, 0.2) is 0 Å². The van der Waals surface area contributed by atoms with Crippen LogP contribution in [0.15, 0.2) is 30.3 Å². The summed E-state index contributed by atoms with van der Waals surface area (Å²) in [4.78, 5) is 0. The second-order valence-electron chi connectivity index (χ2n) is 2.02. The molecule has 13 heavy (non-hydrogen) atoms. The number of nitrogens with two attached hydrogens (primary N) is 1. The molecule has 4 nitrogen and oxygen atoms in total. The molecule has 4 heteroatoms. The van der Waals surface area contributed by atoms with Crippen molar-refractivity contribution < 1.29 is 13.4 Å². The number of rotatable bonds is 2. The molecule has 0 radical (unpaired) electrons. The van der Waals surface area contributed by atoms with Crippen molar-refractivity contribution >= 4 is 0 Å². The van der Waals surface area contributed by atoms with Crippen molar-refractivity contribution in [2.24, 2.45) is 5.73 Å². The van der Waals surface area contributed by atoms with Crippen molar-refractivity contribution in [1.29, 1.82) is 0 Å². The van der Waals surface area contributed by atoms with Gasteiger partial charge >= 0.3 is 0 Å². The standard InChI is InChI=1S/C8H11N.CH4O.H3N.H2O.2H2/c9-7-6-8-4-2-1-3-5-8;1-2;;;;/h1-5H,6-7,9H2;2H,1H3;1H3;1H2;2*1H. The highest BCUT2D eigenvalue weighted by Gasteiger charge is 1.84. The van der Waals surface area contributed by atoms with Crippen LogP contribution in [0.3, 0.4) is 0 Å².